The molecule has 4 aromatic rings. The van der Waals surface area contributed by atoms with Crippen LogP contribution in [0, 0.1) is 0 Å². The summed E-state index contributed by atoms with van der Waals surface area (Å²) in [6, 6.07) is 31.3. The van der Waals surface area contributed by atoms with E-state index in [0.29, 0.717) is 5.75 Å². The van der Waals surface area contributed by atoms with Crippen LogP contribution in [-0.4, -0.2) is 7.11 Å². The smallest absolute Gasteiger partial charge is 0.174 e. The van der Waals surface area contributed by atoms with Gasteiger partial charge in [-0.05, 0) is 11.5 Å². The number of benzene rings is 4. The molecule has 3 heteroatoms. The van der Waals surface area contributed by atoms with Crippen molar-refractivity contribution in [3.8, 4) is 5.75 Å². The lowest BCUT2D eigenvalue weighted by molar-refractivity contribution is 0.423. The summed E-state index contributed by atoms with van der Waals surface area (Å²) in [4.78, 5) is 0. The van der Waals surface area contributed by atoms with Crippen molar-refractivity contribution in [3.63, 3.8) is 0 Å². The van der Waals surface area contributed by atoms with Crippen molar-refractivity contribution >= 4 is 33.8 Å². The quantitative estimate of drug-likeness (QED) is 0.503. The minimum atomic E-state index is -3.06. The maximum absolute atomic E-state index is 14.6. The molecule has 0 atom stereocenters. The van der Waals surface area contributed by atoms with Crippen LogP contribution in [0.4, 0.5) is 0 Å². The maximum Gasteiger partial charge on any atom is 0.174 e. The second-order valence-corrected chi connectivity index (χ2v) is 8.85. The summed E-state index contributed by atoms with van der Waals surface area (Å²) < 4.78 is 20.3. The van der Waals surface area contributed by atoms with Gasteiger partial charge in [0.2, 0.25) is 0 Å². The molecule has 0 radical (unpaired) electrons. The van der Waals surface area contributed by atoms with Gasteiger partial charge in [-0.3, -0.25) is 0 Å². The van der Waals surface area contributed by atoms with Gasteiger partial charge in [-0.25, -0.2) is 0 Å². The Bertz CT molecular complexity index is 1050. The molecular weight excluding hydrogens is 339 g/mol. The molecule has 0 aliphatic rings. The van der Waals surface area contributed by atoms with Crippen LogP contribution in [-0.2, 0) is 4.57 Å². The minimum Gasteiger partial charge on any atom is -0.495 e. The van der Waals surface area contributed by atoms with Crippen LogP contribution in [0.5, 0.6) is 5.75 Å². The number of methoxy groups -OCH3 is 1. The lowest BCUT2D eigenvalue weighted by Gasteiger charge is -2.23. The van der Waals surface area contributed by atoms with E-state index in [1.807, 2.05) is 97.1 Å². The summed E-state index contributed by atoms with van der Waals surface area (Å²) in [5, 5.41) is 4.39. The molecule has 0 unspecified atom stereocenters. The Morgan fingerprint density at radius 3 is 1.77 bits per heavy atom. The average Bonchev–Trinajstić information content (AvgIpc) is 2.73. The van der Waals surface area contributed by atoms with E-state index in [1.54, 1.807) is 7.11 Å². The van der Waals surface area contributed by atoms with Crippen molar-refractivity contribution in [1.29, 1.82) is 0 Å². The van der Waals surface area contributed by atoms with E-state index < -0.39 is 7.14 Å². The Morgan fingerprint density at radius 1 is 0.654 bits per heavy atom. The first-order valence-electron chi connectivity index (χ1n) is 8.53. The molecule has 0 bridgehead atoms. The van der Waals surface area contributed by atoms with Crippen LogP contribution < -0.4 is 20.7 Å². The number of ether oxygens (including phenoxy) is 1. The molecule has 26 heavy (non-hydrogen) atoms. The molecule has 0 N–H and O–H groups in total. The molecule has 2 nitrogen and oxygen atoms in total. The van der Waals surface area contributed by atoms with Crippen LogP contribution in [0.3, 0.4) is 0 Å². The van der Waals surface area contributed by atoms with Crippen molar-refractivity contribution in [2.24, 2.45) is 0 Å². The Balaban J connectivity index is 2.09. The van der Waals surface area contributed by atoms with Gasteiger partial charge in [-0.1, -0.05) is 91.0 Å². The van der Waals surface area contributed by atoms with E-state index in [9.17, 15) is 4.57 Å². The molecule has 0 aliphatic heterocycles. The van der Waals surface area contributed by atoms with E-state index in [4.69, 9.17) is 4.74 Å². The summed E-state index contributed by atoms with van der Waals surface area (Å²) >= 11 is 0. The maximum atomic E-state index is 14.6. The van der Waals surface area contributed by atoms with Gasteiger partial charge in [0.1, 0.15) is 5.75 Å². The minimum absolute atomic E-state index is 0.680. The molecule has 4 rings (SSSR count). The van der Waals surface area contributed by atoms with Crippen LogP contribution in [0.25, 0.3) is 10.8 Å². The molecule has 0 amide bonds. The van der Waals surface area contributed by atoms with Gasteiger partial charge in [0.25, 0.3) is 0 Å². The van der Waals surface area contributed by atoms with E-state index in [1.165, 1.54) is 0 Å². The zero-order chi connectivity index (χ0) is 18.0. The molecule has 0 aromatic heterocycles. The number of hydrogen-bond acceptors (Lipinski definition) is 2. The van der Waals surface area contributed by atoms with Gasteiger partial charge in [0.15, 0.2) is 7.14 Å². The van der Waals surface area contributed by atoms with E-state index >= 15 is 0 Å². The fourth-order valence-electron chi connectivity index (χ4n) is 3.40. The highest BCUT2D eigenvalue weighted by molar-refractivity contribution is 7.85. The topological polar surface area (TPSA) is 26.3 Å². The van der Waals surface area contributed by atoms with Gasteiger partial charge in [0, 0.05) is 16.0 Å². The largest absolute Gasteiger partial charge is 0.495 e. The fraction of sp³-hybridized carbons (Fsp3) is 0.0435. The van der Waals surface area contributed by atoms with E-state index in [2.05, 4.69) is 0 Å². The predicted octanol–water partition coefficient (Wildman–Crippen LogP) is 4.49. The Labute approximate surface area is 153 Å². The van der Waals surface area contributed by atoms with Gasteiger partial charge >= 0.3 is 0 Å². The van der Waals surface area contributed by atoms with Gasteiger partial charge in [-0.2, -0.15) is 0 Å². The van der Waals surface area contributed by atoms with Gasteiger partial charge in [0.05, 0.1) is 12.4 Å². The molecule has 0 spiro atoms. The molecular formula is C23H19O2P. The molecule has 0 saturated heterocycles. The summed E-state index contributed by atoms with van der Waals surface area (Å²) in [6.07, 6.45) is 0. The summed E-state index contributed by atoms with van der Waals surface area (Å²) in [5.74, 6) is 0.680. The van der Waals surface area contributed by atoms with Crippen molar-refractivity contribution < 1.29 is 9.30 Å². The third-order valence-corrected chi connectivity index (χ3v) is 7.72. The van der Waals surface area contributed by atoms with Gasteiger partial charge < -0.3 is 9.30 Å². The van der Waals surface area contributed by atoms with E-state index in [-0.39, 0.29) is 0 Å². The lowest BCUT2D eigenvalue weighted by atomic mass is 10.1. The van der Waals surface area contributed by atoms with Crippen LogP contribution >= 0.6 is 7.14 Å². The molecule has 0 heterocycles. The van der Waals surface area contributed by atoms with Gasteiger partial charge in [-0.15, -0.1) is 0 Å². The highest BCUT2D eigenvalue weighted by Crippen LogP contribution is 2.46. The summed E-state index contributed by atoms with van der Waals surface area (Å²) in [7, 11) is -1.42. The summed E-state index contributed by atoms with van der Waals surface area (Å²) in [5.41, 5.74) is 0. The monoisotopic (exact) mass is 358 g/mol. The molecule has 4 aromatic carbocycles. The summed E-state index contributed by atoms with van der Waals surface area (Å²) in [6.45, 7) is 0. The van der Waals surface area contributed by atoms with E-state index in [0.717, 1.165) is 26.7 Å². The van der Waals surface area contributed by atoms with Crippen molar-refractivity contribution in [2.45, 2.75) is 0 Å². The second kappa shape index (κ2) is 6.82. The zero-order valence-corrected chi connectivity index (χ0v) is 15.4. The highest BCUT2D eigenvalue weighted by Gasteiger charge is 2.33. The highest BCUT2D eigenvalue weighted by atomic mass is 31.2. The number of hydrogen-bond donors (Lipinski definition) is 0. The number of fused-ring (bicyclic) bond motifs is 1. The van der Waals surface area contributed by atoms with Crippen LogP contribution in [0.1, 0.15) is 0 Å². The molecule has 0 fully saturated rings. The predicted molar refractivity (Wildman–Crippen MR) is 110 cm³/mol. The van der Waals surface area contributed by atoms with Crippen molar-refractivity contribution in [1.82, 2.24) is 0 Å². The lowest BCUT2D eigenvalue weighted by Crippen LogP contribution is -2.26. The fourth-order valence-corrected chi connectivity index (χ4v) is 6.22. The SMILES string of the molecule is COc1c(P(=O)(c2ccccc2)c2ccccc2)ccc2ccccc12. The Hall–Kier alpha value is -2.83. The molecule has 0 saturated carbocycles. The molecule has 128 valence electrons. The standard InChI is InChI=1S/C23H19O2P/c1-25-23-21-15-9-8-10-18(21)16-17-22(23)26(24,19-11-4-2-5-12-19)20-13-6-3-7-14-20/h2-17H,1H3. The first kappa shape index (κ1) is 16.6. The van der Waals surface area contributed by atoms with Crippen molar-refractivity contribution in [3.05, 3.63) is 97.1 Å². The van der Waals surface area contributed by atoms with Crippen LogP contribution in [0.2, 0.25) is 0 Å². The third-order valence-electron chi connectivity index (χ3n) is 4.64. The van der Waals surface area contributed by atoms with Crippen molar-refractivity contribution in [2.75, 3.05) is 7.11 Å². The third kappa shape index (κ3) is 2.64. The Morgan fingerprint density at radius 2 is 1.19 bits per heavy atom. The normalized spacial score (nSPS) is 11.4. The number of rotatable bonds is 4. The average molecular weight is 358 g/mol. The van der Waals surface area contributed by atoms with Crippen LogP contribution in [0.15, 0.2) is 97.1 Å². The zero-order valence-electron chi connectivity index (χ0n) is 14.5. The second-order valence-electron chi connectivity index (χ2n) is 6.12. The molecule has 0 aliphatic carbocycles. The Kier molecular flexibility index (Phi) is 4.36. The first-order chi connectivity index (χ1) is 12.7. The first-order valence-corrected chi connectivity index (χ1v) is 10.2.